The Balaban J connectivity index is 2.35. The van der Waals surface area contributed by atoms with Gasteiger partial charge in [0.05, 0.1) is 6.20 Å². The molecule has 0 saturated carbocycles. The highest BCUT2D eigenvalue weighted by Crippen LogP contribution is 2.03. The van der Waals surface area contributed by atoms with Crippen LogP contribution in [-0.4, -0.2) is 40.4 Å². The first-order valence-corrected chi connectivity index (χ1v) is 6.62. The van der Waals surface area contributed by atoms with Crippen LogP contribution in [0.2, 0.25) is 0 Å². The molecule has 0 bridgehead atoms. The molecule has 0 aliphatic carbocycles. The fraction of sp³-hybridized carbons (Fsp3) is 0.769. The van der Waals surface area contributed by atoms with Gasteiger partial charge in [0, 0.05) is 44.0 Å². The normalized spacial score (nSPS) is 11.6. The highest BCUT2D eigenvalue weighted by molar-refractivity contribution is 5.03. The Labute approximate surface area is 105 Å². The molecule has 0 aliphatic rings. The zero-order valence-corrected chi connectivity index (χ0v) is 11.6. The van der Waals surface area contributed by atoms with Crippen LogP contribution in [0.1, 0.15) is 33.3 Å². The third-order valence-corrected chi connectivity index (χ3v) is 2.84. The lowest BCUT2D eigenvalue weighted by atomic mass is 10.3. The van der Waals surface area contributed by atoms with Crippen LogP contribution in [0.5, 0.6) is 0 Å². The third-order valence-electron chi connectivity index (χ3n) is 2.84. The number of aromatic nitrogens is 2. The van der Waals surface area contributed by atoms with Gasteiger partial charge in [-0.25, -0.2) is 0 Å². The first-order chi connectivity index (χ1) is 8.15. The van der Waals surface area contributed by atoms with Gasteiger partial charge < -0.3 is 5.32 Å². The SMILES string of the molecule is CCN(CCNC(C)C)Cc1cnn(CC)c1. The molecule has 1 N–H and O–H groups in total. The number of rotatable bonds is 8. The maximum absolute atomic E-state index is 4.30. The molecule has 0 atom stereocenters. The van der Waals surface area contributed by atoms with Gasteiger partial charge in [0.2, 0.25) is 0 Å². The standard InChI is InChI=1S/C13H26N4/c1-5-16(8-7-14-12(3)4)10-13-9-15-17(6-2)11-13/h9,11-12,14H,5-8,10H2,1-4H3. The molecule has 0 radical (unpaired) electrons. The Kier molecular flexibility index (Phi) is 6.22. The minimum absolute atomic E-state index is 0.566. The summed E-state index contributed by atoms with van der Waals surface area (Å²) in [5.74, 6) is 0. The molecule has 0 aliphatic heterocycles. The Morgan fingerprint density at radius 2 is 2.18 bits per heavy atom. The molecule has 0 aromatic carbocycles. The summed E-state index contributed by atoms with van der Waals surface area (Å²) in [6.45, 7) is 13.8. The lowest BCUT2D eigenvalue weighted by Crippen LogP contribution is -2.34. The summed E-state index contributed by atoms with van der Waals surface area (Å²) in [6, 6.07) is 0.566. The quantitative estimate of drug-likeness (QED) is 0.748. The molecular formula is C13H26N4. The zero-order chi connectivity index (χ0) is 12.7. The van der Waals surface area contributed by atoms with E-state index in [9.17, 15) is 0 Å². The van der Waals surface area contributed by atoms with Crippen LogP contribution in [0.4, 0.5) is 0 Å². The van der Waals surface area contributed by atoms with E-state index < -0.39 is 0 Å². The fourth-order valence-corrected chi connectivity index (χ4v) is 1.78. The van der Waals surface area contributed by atoms with Crippen LogP contribution in [0.15, 0.2) is 12.4 Å². The molecule has 0 saturated heterocycles. The van der Waals surface area contributed by atoms with E-state index in [1.54, 1.807) is 0 Å². The molecule has 1 aromatic heterocycles. The lowest BCUT2D eigenvalue weighted by molar-refractivity contribution is 0.276. The zero-order valence-electron chi connectivity index (χ0n) is 11.6. The van der Waals surface area contributed by atoms with E-state index in [0.29, 0.717) is 6.04 Å². The van der Waals surface area contributed by atoms with Crippen LogP contribution in [0.25, 0.3) is 0 Å². The van der Waals surface area contributed by atoms with Crippen molar-refractivity contribution in [2.75, 3.05) is 19.6 Å². The summed E-state index contributed by atoms with van der Waals surface area (Å²) in [7, 11) is 0. The highest BCUT2D eigenvalue weighted by atomic mass is 15.3. The van der Waals surface area contributed by atoms with Crippen molar-refractivity contribution in [3.63, 3.8) is 0 Å². The molecule has 17 heavy (non-hydrogen) atoms. The molecule has 98 valence electrons. The average molecular weight is 238 g/mol. The molecule has 1 aromatic rings. The Hall–Kier alpha value is -0.870. The fourth-order valence-electron chi connectivity index (χ4n) is 1.78. The van der Waals surface area contributed by atoms with Gasteiger partial charge in [-0.3, -0.25) is 9.58 Å². The van der Waals surface area contributed by atoms with E-state index in [1.807, 2.05) is 10.9 Å². The van der Waals surface area contributed by atoms with Crippen molar-refractivity contribution in [2.24, 2.45) is 0 Å². The summed E-state index contributed by atoms with van der Waals surface area (Å²) in [6.07, 6.45) is 4.11. The second-order valence-electron chi connectivity index (χ2n) is 4.68. The first kappa shape index (κ1) is 14.2. The van der Waals surface area contributed by atoms with Gasteiger partial charge in [0.1, 0.15) is 0 Å². The van der Waals surface area contributed by atoms with Crippen molar-refractivity contribution < 1.29 is 0 Å². The van der Waals surface area contributed by atoms with Crippen molar-refractivity contribution >= 4 is 0 Å². The van der Waals surface area contributed by atoms with Crippen molar-refractivity contribution in [3.8, 4) is 0 Å². The highest BCUT2D eigenvalue weighted by Gasteiger charge is 2.05. The summed E-state index contributed by atoms with van der Waals surface area (Å²) in [4.78, 5) is 2.44. The minimum atomic E-state index is 0.566. The summed E-state index contributed by atoms with van der Waals surface area (Å²) < 4.78 is 1.98. The third kappa shape index (κ3) is 5.33. The van der Waals surface area contributed by atoms with Crippen LogP contribution in [0.3, 0.4) is 0 Å². The summed E-state index contributed by atoms with van der Waals surface area (Å²) >= 11 is 0. The number of hydrogen-bond donors (Lipinski definition) is 1. The molecule has 1 heterocycles. The van der Waals surface area contributed by atoms with Gasteiger partial charge >= 0.3 is 0 Å². The second-order valence-corrected chi connectivity index (χ2v) is 4.68. The van der Waals surface area contributed by atoms with Crippen molar-refractivity contribution in [1.29, 1.82) is 0 Å². The van der Waals surface area contributed by atoms with Gasteiger partial charge in [0.25, 0.3) is 0 Å². The second kappa shape index (κ2) is 7.45. The van der Waals surface area contributed by atoms with Gasteiger partial charge in [-0.15, -0.1) is 0 Å². The lowest BCUT2D eigenvalue weighted by Gasteiger charge is -2.20. The topological polar surface area (TPSA) is 33.1 Å². The van der Waals surface area contributed by atoms with Gasteiger partial charge in [-0.2, -0.15) is 5.10 Å². The molecule has 1 rings (SSSR count). The van der Waals surface area contributed by atoms with E-state index in [-0.39, 0.29) is 0 Å². The summed E-state index contributed by atoms with van der Waals surface area (Å²) in [5.41, 5.74) is 1.30. The molecule has 0 fully saturated rings. The molecule has 0 amide bonds. The van der Waals surface area contributed by atoms with Crippen LogP contribution < -0.4 is 5.32 Å². The van der Waals surface area contributed by atoms with Gasteiger partial charge in [-0.1, -0.05) is 20.8 Å². The monoisotopic (exact) mass is 238 g/mol. The van der Waals surface area contributed by atoms with Crippen molar-refractivity contribution in [1.82, 2.24) is 20.0 Å². The van der Waals surface area contributed by atoms with Crippen molar-refractivity contribution in [3.05, 3.63) is 18.0 Å². The van der Waals surface area contributed by atoms with E-state index in [4.69, 9.17) is 0 Å². The molecule has 4 heteroatoms. The Bertz CT molecular complexity index is 306. The molecule has 4 nitrogen and oxygen atoms in total. The number of nitrogens with zero attached hydrogens (tertiary/aromatic N) is 3. The predicted octanol–water partition coefficient (Wildman–Crippen LogP) is 1.72. The molecule has 0 spiro atoms. The molecule has 0 unspecified atom stereocenters. The van der Waals surface area contributed by atoms with E-state index in [1.165, 1.54) is 5.56 Å². The smallest absolute Gasteiger partial charge is 0.0534 e. The van der Waals surface area contributed by atoms with Crippen LogP contribution in [0, 0.1) is 0 Å². The number of likely N-dealkylation sites (N-methyl/N-ethyl adjacent to an activating group) is 1. The molecular weight excluding hydrogens is 212 g/mol. The van der Waals surface area contributed by atoms with E-state index in [2.05, 4.69) is 49.2 Å². The van der Waals surface area contributed by atoms with E-state index >= 15 is 0 Å². The largest absolute Gasteiger partial charge is 0.313 e. The van der Waals surface area contributed by atoms with Crippen molar-refractivity contribution in [2.45, 2.75) is 46.8 Å². The minimum Gasteiger partial charge on any atom is -0.313 e. The first-order valence-electron chi connectivity index (χ1n) is 6.62. The maximum Gasteiger partial charge on any atom is 0.0534 e. The number of aryl methyl sites for hydroxylation is 1. The van der Waals surface area contributed by atoms with Gasteiger partial charge in [0.15, 0.2) is 0 Å². The Morgan fingerprint density at radius 3 is 2.71 bits per heavy atom. The number of nitrogens with one attached hydrogen (secondary N) is 1. The van der Waals surface area contributed by atoms with Gasteiger partial charge in [-0.05, 0) is 13.5 Å². The van der Waals surface area contributed by atoms with E-state index in [0.717, 1.165) is 32.7 Å². The van der Waals surface area contributed by atoms with Crippen LogP contribution in [-0.2, 0) is 13.1 Å². The average Bonchev–Trinajstić information content (AvgIpc) is 2.75. The maximum atomic E-state index is 4.30. The van der Waals surface area contributed by atoms with Crippen LogP contribution >= 0.6 is 0 Å². The summed E-state index contributed by atoms with van der Waals surface area (Å²) in [5, 5.41) is 7.75. The number of hydrogen-bond acceptors (Lipinski definition) is 3. The Morgan fingerprint density at radius 1 is 1.41 bits per heavy atom. The predicted molar refractivity (Wildman–Crippen MR) is 72.0 cm³/mol.